The highest BCUT2D eigenvalue weighted by Crippen LogP contribution is 2.22. The molecular formula is C13H24N2O2. The second kappa shape index (κ2) is 6.17. The first-order chi connectivity index (χ1) is 7.94. The van der Waals surface area contributed by atoms with Crippen LogP contribution >= 0.6 is 0 Å². The topological polar surface area (TPSA) is 75.3 Å². The van der Waals surface area contributed by atoms with E-state index in [9.17, 15) is 4.79 Å². The lowest BCUT2D eigenvalue weighted by molar-refractivity contribution is -0.124. The fourth-order valence-corrected chi connectivity index (χ4v) is 2.03. The van der Waals surface area contributed by atoms with Crippen LogP contribution in [-0.4, -0.2) is 30.2 Å². The summed E-state index contributed by atoms with van der Waals surface area (Å²) in [6.07, 6.45) is 6.17. The quantitative estimate of drug-likeness (QED) is 0.601. The minimum absolute atomic E-state index is 0.0214. The monoisotopic (exact) mass is 240 g/mol. The van der Waals surface area contributed by atoms with E-state index < -0.39 is 0 Å². The third kappa shape index (κ3) is 4.88. The Morgan fingerprint density at radius 3 is 2.76 bits per heavy atom. The average molecular weight is 240 g/mol. The van der Waals surface area contributed by atoms with E-state index in [1.807, 2.05) is 12.2 Å². The summed E-state index contributed by atoms with van der Waals surface area (Å²) in [6, 6.07) is 0.0214. The number of aliphatic hydroxyl groups is 1. The third-order valence-electron chi connectivity index (χ3n) is 3.21. The van der Waals surface area contributed by atoms with Gasteiger partial charge in [-0.2, -0.15) is 0 Å². The summed E-state index contributed by atoms with van der Waals surface area (Å²) < 4.78 is 0. The molecule has 0 bridgehead atoms. The van der Waals surface area contributed by atoms with Crippen LogP contribution in [0.25, 0.3) is 0 Å². The van der Waals surface area contributed by atoms with E-state index in [2.05, 4.69) is 19.2 Å². The smallest absolute Gasteiger partial charge is 0.227 e. The Kier molecular flexibility index (Phi) is 5.15. The molecule has 0 spiro atoms. The van der Waals surface area contributed by atoms with Crippen LogP contribution in [0.3, 0.4) is 0 Å². The molecule has 0 saturated heterocycles. The van der Waals surface area contributed by atoms with Crippen molar-refractivity contribution in [1.29, 1.82) is 0 Å². The molecule has 0 fully saturated rings. The largest absolute Gasteiger partial charge is 0.396 e. The molecule has 1 rings (SSSR count). The van der Waals surface area contributed by atoms with E-state index in [1.165, 1.54) is 0 Å². The molecule has 2 unspecified atom stereocenters. The van der Waals surface area contributed by atoms with Gasteiger partial charge in [-0.1, -0.05) is 26.0 Å². The van der Waals surface area contributed by atoms with Crippen molar-refractivity contribution in [3.05, 3.63) is 12.2 Å². The molecule has 98 valence electrons. The number of nitrogens with two attached hydrogens (primary N) is 1. The summed E-state index contributed by atoms with van der Waals surface area (Å²) in [7, 11) is 0. The van der Waals surface area contributed by atoms with Crippen LogP contribution < -0.4 is 11.1 Å². The maximum Gasteiger partial charge on any atom is 0.227 e. The molecule has 1 amide bonds. The molecule has 0 radical (unpaired) electrons. The van der Waals surface area contributed by atoms with Crippen LogP contribution in [0.2, 0.25) is 0 Å². The van der Waals surface area contributed by atoms with Crippen LogP contribution in [0.5, 0.6) is 0 Å². The number of nitrogens with one attached hydrogen (secondary N) is 1. The van der Waals surface area contributed by atoms with Gasteiger partial charge in [0.15, 0.2) is 0 Å². The highest BCUT2D eigenvalue weighted by Gasteiger charge is 2.24. The van der Waals surface area contributed by atoms with E-state index in [1.54, 1.807) is 0 Å². The van der Waals surface area contributed by atoms with Gasteiger partial charge in [0.1, 0.15) is 0 Å². The Hall–Kier alpha value is -0.870. The standard InChI is InChI=1S/C13H24N2O2/c1-13(2,6-3-7-16)9-15-12(17)10-4-5-11(14)8-10/h4-5,10-11,16H,3,6-9,14H2,1-2H3,(H,15,17). The maximum atomic E-state index is 11.8. The lowest BCUT2D eigenvalue weighted by atomic mass is 9.87. The molecule has 0 heterocycles. The van der Waals surface area contributed by atoms with Crippen LogP contribution in [0, 0.1) is 11.3 Å². The second-order valence-corrected chi connectivity index (χ2v) is 5.60. The van der Waals surface area contributed by atoms with Crippen molar-refractivity contribution < 1.29 is 9.90 Å². The van der Waals surface area contributed by atoms with E-state index in [0.717, 1.165) is 12.8 Å². The SMILES string of the molecule is CC(C)(CCCO)CNC(=O)C1C=CC(N)C1. The fourth-order valence-electron chi connectivity index (χ4n) is 2.03. The zero-order valence-electron chi connectivity index (χ0n) is 10.8. The molecule has 1 aliphatic rings. The van der Waals surface area contributed by atoms with Crippen LogP contribution in [0.15, 0.2) is 12.2 Å². The molecule has 0 aromatic carbocycles. The molecule has 2 atom stereocenters. The van der Waals surface area contributed by atoms with Crippen molar-refractivity contribution in [3.63, 3.8) is 0 Å². The fraction of sp³-hybridized carbons (Fsp3) is 0.769. The van der Waals surface area contributed by atoms with Crippen molar-refractivity contribution in [2.75, 3.05) is 13.2 Å². The van der Waals surface area contributed by atoms with Gasteiger partial charge in [-0.25, -0.2) is 0 Å². The summed E-state index contributed by atoms with van der Waals surface area (Å²) in [4.78, 5) is 11.8. The molecule has 0 saturated carbocycles. The predicted octanol–water partition coefficient (Wildman–Crippen LogP) is 0.805. The zero-order chi connectivity index (χ0) is 12.9. The minimum atomic E-state index is -0.0707. The summed E-state index contributed by atoms with van der Waals surface area (Å²) >= 11 is 0. The lowest BCUT2D eigenvalue weighted by Crippen LogP contribution is -2.37. The van der Waals surface area contributed by atoms with Gasteiger partial charge in [0.2, 0.25) is 5.91 Å². The first-order valence-electron chi connectivity index (χ1n) is 6.27. The van der Waals surface area contributed by atoms with Gasteiger partial charge in [-0.3, -0.25) is 4.79 Å². The molecule has 4 N–H and O–H groups in total. The van der Waals surface area contributed by atoms with E-state index in [-0.39, 0.29) is 29.9 Å². The van der Waals surface area contributed by atoms with E-state index in [4.69, 9.17) is 10.8 Å². The number of aliphatic hydroxyl groups excluding tert-OH is 1. The van der Waals surface area contributed by atoms with E-state index >= 15 is 0 Å². The van der Waals surface area contributed by atoms with Gasteiger partial charge in [0.05, 0.1) is 5.92 Å². The zero-order valence-corrected chi connectivity index (χ0v) is 10.8. The Morgan fingerprint density at radius 2 is 2.24 bits per heavy atom. The van der Waals surface area contributed by atoms with Gasteiger partial charge in [-0.15, -0.1) is 0 Å². The number of amides is 1. The number of carbonyl (C=O) groups is 1. The number of carbonyl (C=O) groups excluding carboxylic acids is 1. The second-order valence-electron chi connectivity index (χ2n) is 5.60. The van der Waals surface area contributed by atoms with Crippen LogP contribution in [0.1, 0.15) is 33.1 Å². The molecule has 4 heteroatoms. The highest BCUT2D eigenvalue weighted by molar-refractivity contribution is 5.81. The number of hydrogen-bond donors (Lipinski definition) is 3. The average Bonchev–Trinajstić information content (AvgIpc) is 2.70. The number of hydrogen-bond acceptors (Lipinski definition) is 3. The van der Waals surface area contributed by atoms with Gasteiger partial charge in [0.25, 0.3) is 0 Å². The predicted molar refractivity (Wildman–Crippen MR) is 68.3 cm³/mol. The Bertz CT molecular complexity index is 287. The summed E-state index contributed by atoms with van der Waals surface area (Å²) in [5.74, 6) is -0.00934. The van der Waals surface area contributed by atoms with Gasteiger partial charge >= 0.3 is 0 Å². The maximum absolute atomic E-state index is 11.8. The highest BCUT2D eigenvalue weighted by atomic mass is 16.2. The minimum Gasteiger partial charge on any atom is -0.396 e. The summed E-state index contributed by atoms with van der Waals surface area (Å²) in [5.41, 5.74) is 5.75. The van der Waals surface area contributed by atoms with Gasteiger partial charge in [0, 0.05) is 19.2 Å². The number of rotatable bonds is 6. The van der Waals surface area contributed by atoms with Crippen molar-refractivity contribution >= 4 is 5.91 Å². The molecule has 0 aromatic heterocycles. The molecule has 1 aliphatic carbocycles. The first kappa shape index (κ1) is 14.2. The summed E-state index contributed by atoms with van der Waals surface area (Å²) in [5, 5.41) is 11.8. The first-order valence-corrected chi connectivity index (χ1v) is 6.27. The molecule has 17 heavy (non-hydrogen) atoms. The van der Waals surface area contributed by atoms with E-state index in [0.29, 0.717) is 13.0 Å². The molecule has 0 aromatic rings. The van der Waals surface area contributed by atoms with Gasteiger partial charge < -0.3 is 16.2 Å². The molecule has 4 nitrogen and oxygen atoms in total. The Morgan fingerprint density at radius 1 is 1.53 bits per heavy atom. The molecule has 0 aliphatic heterocycles. The van der Waals surface area contributed by atoms with Gasteiger partial charge in [-0.05, 0) is 24.7 Å². The molecular weight excluding hydrogens is 216 g/mol. The Balaban J connectivity index is 2.30. The van der Waals surface area contributed by atoms with Crippen molar-refractivity contribution in [3.8, 4) is 0 Å². The lowest BCUT2D eigenvalue weighted by Gasteiger charge is -2.25. The van der Waals surface area contributed by atoms with Crippen molar-refractivity contribution in [2.45, 2.75) is 39.2 Å². The van der Waals surface area contributed by atoms with Crippen LogP contribution in [0.4, 0.5) is 0 Å². The van der Waals surface area contributed by atoms with Crippen LogP contribution in [-0.2, 0) is 4.79 Å². The van der Waals surface area contributed by atoms with Crippen molar-refractivity contribution in [1.82, 2.24) is 5.32 Å². The summed E-state index contributed by atoms with van der Waals surface area (Å²) in [6.45, 7) is 5.04. The van der Waals surface area contributed by atoms with Crippen molar-refractivity contribution in [2.24, 2.45) is 17.1 Å². The third-order valence-corrected chi connectivity index (χ3v) is 3.21. The normalized spacial score (nSPS) is 24.0. The Labute approximate surface area is 103 Å².